The molecule has 1 aliphatic heterocycles. The number of carbonyl (C=O) groups excluding carboxylic acids is 1. The zero-order valence-corrected chi connectivity index (χ0v) is 4.38. The summed E-state index contributed by atoms with van der Waals surface area (Å²) < 4.78 is 0. The van der Waals surface area contributed by atoms with E-state index in [1.54, 1.807) is 0 Å². The van der Waals surface area contributed by atoms with Gasteiger partial charge in [0.1, 0.15) is 12.6 Å². The molecule has 1 amide bonds. The van der Waals surface area contributed by atoms with Crippen molar-refractivity contribution in [1.82, 2.24) is 5.32 Å². The molecular weight excluding hydrogens is 124 g/mol. The maximum atomic E-state index is 10.2. The van der Waals surface area contributed by atoms with Crippen molar-refractivity contribution in [3.05, 3.63) is 21.9 Å². The number of nitrogens with zero attached hydrogens (tertiary/aromatic N) is 1. The van der Waals surface area contributed by atoms with Crippen molar-refractivity contribution in [1.29, 1.82) is 0 Å². The number of hydrogen-bond donors (Lipinski definition) is 1. The van der Waals surface area contributed by atoms with Gasteiger partial charge in [-0.15, -0.1) is 0 Å². The van der Waals surface area contributed by atoms with Crippen LogP contribution < -0.4 is 5.32 Å². The van der Waals surface area contributed by atoms with Crippen LogP contribution in [0.4, 0.5) is 0 Å². The largest absolute Gasteiger partial charge is 0.341 e. The Hall–Kier alpha value is -1.39. The van der Waals surface area contributed by atoms with Gasteiger partial charge in [0.05, 0.1) is 4.92 Å². The third kappa shape index (κ3) is 1.04. The zero-order valence-electron chi connectivity index (χ0n) is 4.38. The second kappa shape index (κ2) is 1.85. The summed E-state index contributed by atoms with van der Waals surface area (Å²) in [6.07, 6.45) is 2.02. The van der Waals surface area contributed by atoms with E-state index < -0.39 is 10.8 Å². The number of nitro groups is 1. The molecule has 0 aromatic carbocycles. The summed E-state index contributed by atoms with van der Waals surface area (Å²) in [6, 6.07) is 0. The topological polar surface area (TPSA) is 72.2 Å². The first-order valence-corrected chi connectivity index (χ1v) is 2.25. The van der Waals surface area contributed by atoms with Gasteiger partial charge in [0.2, 0.25) is 0 Å². The zero-order chi connectivity index (χ0) is 6.85. The van der Waals surface area contributed by atoms with Gasteiger partial charge in [-0.3, -0.25) is 14.9 Å². The van der Waals surface area contributed by atoms with Gasteiger partial charge in [0.25, 0.3) is 11.6 Å². The molecule has 1 heterocycles. The van der Waals surface area contributed by atoms with Gasteiger partial charge in [0, 0.05) is 0 Å². The number of amides is 1. The molecule has 47 valence electrons. The molecule has 5 nitrogen and oxygen atoms in total. The molecule has 0 saturated heterocycles. The molecule has 0 saturated carbocycles. The average molecular weight is 127 g/mol. The highest BCUT2D eigenvalue weighted by Gasteiger charge is 2.20. The van der Waals surface area contributed by atoms with Gasteiger partial charge in [-0.1, -0.05) is 0 Å². The Morgan fingerprint density at radius 1 is 1.78 bits per heavy atom. The number of rotatable bonds is 1. The fourth-order valence-corrected chi connectivity index (χ4v) is 0.494. The van der Waals surface area contributed by atoms with Crippen LogP contribution in [0.1, 0.15) is 0 Å². The highest BCUT2D eigenvalue weighted by atomic mass is 16.6. The standard InChI is InChI=1S/C4H3N2O3/c7-4-1-3(2-5-4)6(8)9/h2H2,(H,5,7). The van der Waals surface area contributed by atoms with Gasteiger partial charge < -0.3 is 5.32 Å². The summed E-state index contributed by atoms with van der Waals surface area (Å²) in [4.78, 5) is 19.4. The van der Waals surface area contributed by atoms with Crippen LogP contribution in [0.15, 0.2) is 5.70 Å². The highest BCUT2D eigenvalue weighted by Crippen LogP contribution is 1.97. The second-order valence-corrected chi connectivity index (χ2v) is 1.51. The molecule has 0 fully saturated rings. The summed E-state index contributed by atoms with van der Waals surface area (Å²) >= 11 is 0. The van der Waals surface area contributed by atoms with Crippen molar-refractivity contribution >= 4 is 5.91 Å². The summed E-state index contributed by atoms with van der Waals surface area (Å²) in [7, 11) is 0. The van der Waals surface area contributed by atoms with E-state index in [1.807, 2.05) is 6.08 Å². The van der Waals surface area contributed by atoms with Crippen molar-refractivity contribution in [3.8, 4) is 0 Å². The Labute approximate surface area is 50.5 Å². The van der Waals surface area contributed by atoms with Crippen LogP contribution in [-0.2, 0) is 4.79 Å². The molecular formula is C4H3N2O3. The molecule has 0 atom stereocenters. The van der Waals surface area contributed by atoms with E-state index in [4.69, 9.17) is 0 Å². The highest BCUT2D eigenvalue weighted by molar-refractivity contribution is 5.86. The summed E-state index contributed by atoms with van der Waals surface area (Å²) in [5.74, 6) is -0.512. The lowest BCUT2D eigenvalue weighted by atomic mass is 10.5. The van der Waals surface area contributed by atoms with E-state index in [1.165, 1.54) is 0 Å². The van der Waals surface area contributed by atoms with Crippen molar-refractivity contribution < 1.29 is 9.72 Å². The predicted octanol–water partition coefficient (Wildman–Crippen LogP) is -0.920. The van der Waals surface area contributed by atoms with Crippen molar-refractivity contribution in [2.75, 3.05) is 6.54 Å². The molecule has 1 N–H and O–H groups in total. The Balaban J connectivity index is 2.74. The minimum Gasteiger partial charge on any atom is -0.341 e. The summed E-state index contributed by atoms with van der Waals surface area (Å²) in [6.45, 7) is -0.00810. The molecule has 0 aromatic heterocycles. The maximum Gasteiger partial charge on any atom is 0.278 e. The fraction of sp³-hybridized carbons (Fsp3) is 0.250. The molecule has 1 radical (unpaired) electrons. The van der Waals surface area contributed by atoms with Gasteiger partial charge in [-0.25, -0.2) is 0 Å². The van der Waals surface area contributed by atoms with Crippen molar-refractivity contribution in [3.63, 3.8) is 0 Å². The van der Waals surface area contributed by atoms with Crippen molar-refractivity contribution in [2.24, 2.45) is 0 Å². The summed E-state index contributed by atoms with van der Waals surface area (Å²) in [5.41, 5.74) is -0.194. The monoisotopic (exact) mass is 127 g/mol. The van der Waals surface area contributed by atoms with E-state index >= 15 is 0 Å². The number of nitrogens with one attached hydrogen (secondary N) is 1. The number of hydrogen-bond acceptors (Lipinski definition) is 3. The van der Waals surface area contributed by atoms with Crippen LogP contribution in [0.25, 0.3) is 0 Å². The van der Waals surface area contributed by atoms with Gasteiger partial charge in [-0.2, -0.15) is 0 Å². The SMILES string of the molecule is O=C1[C]=C([N+](=O)[O-])CN1. The first kappa shape index (κ1) is 5.74. The molecule has 1 aliphatic rings. The third-order valence-electron chi connectivity index (χ3n) is 0.895. The lowest BCUT2D eigenvalue weighted by Crippen LogP contribution is -2.16. The van der Waals surface area contributed by atoms with Crippen LogP contribution >= 0.6 is 0 Å². The Bertz CT molecular complexity index is 196. The van der Waals surface area contributed by atoms with Crippen LogP contribution in [0.5, 0.6) is 0 Å². The molecule has 0 aromatic rings. The Morgan fingerprint density at radius 3 is 2.67 bits per heavy atom. The minimum absolute atomic E-state index is 0.00810. The molecule has 0 bridgehead atoms. The van der Waals surface area contributed by atoms with Crippen LogP contribution in [0, 0.1) is 16.2 Å². The van der Waals surface area contributed by atoms with Gasteiger partial charge >= 0.3 is 0 Å². The minimum atomic E-state index is -0.627. The van der Waals surface area contributed by atoms with E-state index in [0.717, 1.165) is 0 Å². The average Bonchev–Trinajstić information content (AvgIpc) is 2.14. The third-order valence-corrected chi connectivity index (χ3v) is 0.895. The van der Waals surface area contributed by atoms with Crippen LogP contribution in [0.2, 0.25) is 0 Å². The normalized spacial score (nSPS) is 16.9. The maximum absolute atomic E-state index is 10.2. The Kier molecular flexibility index (Phi) is 1.18. The molecule has 1 rings (SSSR count). The molecule has 0 aliphatic carbocycles. The summed E-state index contributed by atoms with van der Waals surface area (Å²) in [5, 5.41) is 12.1. The predicted molar refractivity (Wildman–Crippen MR) is 26.8 cm³/mol. The lowest BCUT2D eigenvalue weighted by molar-refractivity contribution is -0.425. The van der Waals surface area contributed by atoms with Gasteiger partial charge in [-0.05, 0) is 0 Å². The molecule has 9 heavy (non-hydrogen) atoms. The first-order chi connectivity index (χ1) is 4.20. The molecule has 5 heteroatoms. The van der Waals surface area contributed by atoms with Crippen LogP contribution in [0.3, 0.4) is 0 Å². The lowest BCUT2D eigenvalue weighted by Gasteiger charge is -1.85. The van der Waals surface area contributed by atoms with Crippen LogP contribution in [-0.4, -0.2) is 17.4 Å². The molecule has 0 unspecified atom stereocenters. The first-order valence-electron chi connectivity index (χ1n) is 2.25. The van der Waals surface area contributed by atoms with Crippen molar-refractivity contribution in [2.45, 2.75) is 0 Å². The van der Waals surface area contributed by atoms with E-state index in [2.05, 4.69) is 5.32 Å². The van der Waals surface area contributed by atoms with E-state index in [9.17, 15) is 14.9 Å². The quantitative estimate of drug-likeness (QED) is 0.365. The molecule has 0 spiro atoms. The smallest absolute Gasteiger partial charge is 0.278 e. The van der Waals surface area contributed by atoms with Gasteiger partial charge in [0.15, 0.2) is 0 Å². The number of carbonyl (C=O) groups is 1. The van der Waals surface area contributed by atoms with E-state index in [0.29, 0.717) is 0 Å². The Morgan fingerprint density at radius 2 is 2.44 bits per heavy atom. The van der Waals surface area contributed by atoms with E-state index in [-0.39, 0.29) is 12.2 Å². The fourth-order valence-electron chi connectivity index (χ4n) is 0.494. The second-order valence-electron chi connectivity index (χ2n) is 1.51.